The highest BCUT2D eigenvalue weighted by molar-refractivity contribution is 6.18. The zero-order chi connectivity index (χ0) is 8.86. The molecule has 2 heteroatoms. The summed E-state index contributed by atoms with van der Waals surface area (Å²) in [6, 6.07) is 0. The Hall–Kier alpha value is 0.250. The first-order valence-electron chi connectivity index (χ1n) is 4.97. The van der Waals surface area contributed by atoms with E-state index in [-0.39, 0.29) is 0 Å². The van der Waals surface area contributed by atoms with E-state index < -0.39 is 0 Å². The van der Waals surface area contributed by atoms with E-state index in [4.69, 9.17) is 16.3 Å². The predicted octanol–water partition coefficient (Wildman–Crippen LogP) is 3.21. The Kier molecular flexibility index (Phi) is 4.38. The lowest BCUT2D eigenvalue weighted by atomic mass is 10.1. The number of alkyl halides is 1. The number of ether oxygens (including phenoxy) is 1. The molecule has 12 heavy (non-hydrogen) atoms. The van der Waals surface area contributed by atoms with Gasteiger partial charge in [0.2, 0.25) is 0 Å². The molecule has 1 fully saturated rings. The Labute approximate surface area is 80.4 Å². The quantitative estimate of drug-likeness (QED) is 0.443. The second-order valence-electron chi connectivity index (χ2n) is 3.85. The Bertz CT molecular complexity index is 121. The molecule has 0 saturated heterocycles. The minimum absolute atomic E-state index is 0.480. The summed E-state index contributed by atoms with van der Waals surface area (Å²) >= 11 is 5.84. The van der Waals surface area contributed by atoms with E-state index in [9.17, 15) is 0 Å². The number of unbranched alkanes of at least 4 members (excludes halogenated alkanes) is 1. The zero-order valence-electron chi connectivity index (χ0n) is 7.94. The van der Waals surface area contributed by atoms with Crippen molar-refractivity contribution in [2.24, 2.45) is 5.41 Å². The Morgan fingerprint density at radius 3 is 2.58 bits per heavy atom. The third-order valence-corrected chi connectivity index (χ3v) is 3.23. The average Bonchev–Trinajstić information content (AvgIpc) is 2.85. The first kappa shape index (κ1) is 10.3. The molecule has 0 amide bonds. The van der Waals surface area contributed by atoms with Crippen LogP contribution in [0.5, 0.6) is 0 Å². The van der Waals surface area contributed by atoms with Crippen LogP contribution in [0.15, 0.2) is 0 Å². The van der Waals surface area contributed by atoms with E-state index >= 15 is 0 Å². The van der Waals surface area contributed by atoms with Crippen LogP contribution in [-0.2, 0) is 4.74 Å². The normalized spacial score (nSPS) is 19.5. The molecule has 0 aromatic carbocycles. The third kappa shape index (κ3) is 3.32. The highest BCUT2D eigenvalue weighted by Gasteiger charge is 2.40. The van der Waals surface area contributed by atoms with Gasteiger partial charge in [-0.3, -0.25) is 0 Å². The summed E-state index contributed by atoms with van der Waals surface area (Å²) < 4.78 is 5.49. The van der Waals surface area contributed by atoms with Crippen molar-refractivity contribution in [2.45, 2.75) is 39.0 Å². The van der Waals surface area contributed by atoms with E-state index in [1.807, 2.05) is 0 Å². The molecule has 0 N–H and O–H groups in total. The summed E-state index contributed by atoms with van der Waals surface area (Å²) in [5.74, 6) is 0.824. The lowest BCUT2D eigenvalue weighted by molar-refractivity contribution is 0.117. The predicted molar refractivity (Wildman–Crippen MR) is 52.7 cm³/mol. The first-order valence-corrected chi connectivity index (χ1v) is 5.50. The van der Waals surface area contributed by atoms with Crippen LogP contribution >= 0.6 is 11.6 Å². The summed E-state index contributed by atoms with van der Waals surface area (Å²) in [4.78, 5) is 0. The van der Waals surface area contributed by atoms with Crippen molar-refractivity contribution in [3.05, 3.63) is 0 Å². The fourth-order valence-electron chi connectivity index (χ4n) is 1.26. The number of halogens is 1. The molecule has 1 rings (SSSR count). The van der Waals surface area contributed by atoms with Crippen molar-refractivity contribution < 1.29 is 4.74 Å². The molecule has 0 aliphatic heterocycles. The van der Waals surface area contributed by atoms with Crippen molar-refractivity contribution in [1.29, 1.82) is 0 Å². The zero-order valence-corrected chi connectivity index (χ0v) is 8.70. The lowest BCUT2D eigenvalue weighted by Crippen LogP contribution is -2.07. The van der Waals surface area contributed by atoms with Crippen LogP contribution in [0.25, 0.3) is 0 Å². The molecule has 72 valence electrons. The standard InChI is InChI=1S/C10H19ClO/c1-2-3-7-12-8-6-10(9-11)4-5-10/h2-9H2,1H3. The van der Waals surface area contributed by atoms with Crippen LogP contribution in [0.4, 0.5) is 0 Å². The fourth-order valence-corrected chi connectivity index (χ4v) is 1.67. The largest absolute Gasteiger partial charge is 0.381 e. The third-order valence-electron chi connectivity index (χ3n) is 2.66. The van der Waals surface area contributed by atoms with Gasteiger partial charge in [0.15, 0.2) is 0 Å². The van der Waals surface area contributed by atoms with E-state index in [0.717, 1.165) is 19.1 Å². The van der Waals surface area contributed by atoms with Gasteiger partial charge in [0.1, 0.15) is 0 Å². The average molecular weight is 191 g/mol. The van der Waals surface area contributed by atoms with Crippen LogP contribution in [0, 0.1) is 5.41 Å². The molecule has 0 aromatic rings. The van der Waals surface area contributed by atoms with Gasteiger partial charge in [0, 0.05) is 19.1 Å². The minimum Gasteiger partial charge on any atom is -0.381 e. The van der Waals surface area contributed by atoms with Gasteiger partial charge in [-0.25, -0.2) is 0 Å². The van der Waals surface area contributed by atoms with Crippen LogP contribution in [0.1, 0.15) is 39.0 Å². The Balaban J connectivity index is 1.89. The smallest absolute Gasteiger partial charge is 0.0471 e. The van der Waals surface area contributed by atoms with Crippen molar-refractivity contribution >= 4 is 11.6 Å². The van der Waals surface area contributed by atoms with Crippen molar-refractivity contribution in [1.82, 2.24) is 0 Å². The lowest BCUT2D eigenvalue weighted by Gasteiger charge is -2.10. The topological polar surface area (TPSA) is 9.23 Å². The first-order chi connectivity index (χ1) is 5.83. The number of hydrogen-bond donors (Lipinski definition) is 0. The molecule has 0 aromatic heterocycles. The van der Waals surface area contributed by atoms with E-state index in [0.29, 0.717) is 5.41 Å². The molecule has 0 spiro atoms. The summed E-state index contributed by atoms with van der Waals surface area (Å²) in [7, 11) is 0. The van der Waals surface area contributed by atoms with Crippen LogP contribution in [-0.4, -0.2) is 19.1 Å². The summed E-state index contributed by atoms with van der Waals surface area (Å²) in [6.45, 7) is 4.02. The molecule has 1 aliphatic rings. The van der Waals surface area contributed by atoms with Crippen molar-refractivity contribution in [3.8, 4) is 0 Å². The van der Waals surface area contributed by atoms with Gasteiger partial charge in [-0.05, 0) is 31.1 Å². The van der Waals surface area contributed by atoms with Gasteiger partial charge in [-0.1, -0.05) is 13.3 Å². The minimum atomic E-state index is 0.480. The maximum Gasteiger partial charge on any atom is 0.0471 e. The maximum atomic E-state index is 5.84. The molecule has 0 radical (unpaired) electrons. The highest BCUT2D eigenvalue weighted by atomic mass is 35.5. The van der Waals surface area contributed by atoms with Gasteiger partial charge >= 0.3 is 0 Å². The van der Waals surface area contributed by atoms with Crippen molar-refractivity contribution in [3.63, 3.8) is 0 Å². The number of hydrogen-bond acceptors (Lipinski definition) is 1. The molecule has 0 atom stereocenters. The second-order valence-corrected chi connectivity index (χ2v) is 4.12. The molecule has 0 unspecified atom stereocenters. The summed E-state index contributed by atoms with van der Waals surface area (Å²) in [5.41, 5.74) is 0.480. The van der Waals surface area contributed by atoms with E-state index in [2.05, 4.69) is 6.92 Å². The Morgan fingerprint density at radius 1 is 1.33 bits per heavy atom. The van der Waals surface area contributed by atoms with Crippen molar-refractivity contribution in [2.75, 3.05) is 19.1 Å². The van der Waals surface area contributed by atoms with Crippen LogP contribution in [0.3, 0.4) is 0 Å². The fraction of sp³-hybridized carbons (Fsp3) is 1.00. The molecule has 1 aliphatic carbocycles. The SMILES string of the molecule is CCCCOCCC1(CCl)CC1. The van der Waals surface area contributed by atoms with Gasteiger partial charge in [0.25, 0.3) is 0 Å². The summed E-state index contributed by atoms with van der Waals surface area (Å²) in [5, 5.41) is 0. The Morgan fingerprint density at radius 2 is 2.08 bits per heavy atom. The monoisotopic (exact) mass is 190 g/mol. The maximum absolute atomic E-state index is 5.84. The van der Waals surface area contributed by atoms with Crippen LogP contribution in [0.2, 0.25) is 0 Å². The number of rotatable bonds is 7. The molecule has 1 nitrogen and oxygen atoms in total. The molecular weight excluding hydrogens is 172 g/mol. The van der Waals surface area contributed by atoms with Gasteiger partial charge in [-0.15, -0.1) is 11.6 Å². The summed E-state index contributed by atoms with van der Waals surface area (Å²) in [6.07, 6.45) is 6.20. The molecule has 1 saturated carbocycles. The molecule has 0 heterocycles. The van der Waals surface area contributed by atoms with E-state index in [1.165, 1.54) is 32.1 Å². The van der Waals surface area contributed by atoms with Crippen LogP contribution < -0.4 is 0 Å². The van der Waals surface area contributed by atoms with Gasteiger partial charge < -0.3 is 4.74 Å². The molecule has 0 bridgehead atoms. The second kappa shape index (κ2) is 5.08. The molecular formula is C10H19ClO. The highest BCUT2D eigenvalue weighted by Crippen LogP contribution is 2.49. The van der Waals surface area contributed by atoms with Gasteiger partial charge in [-0.2, -0.15) is 0 Å². The van der Waals surface area contributed by atoms with Gasteiger partial charge in [0.05, 0.1) is 0 Å². The van der Waals surface area contributed by atoms with E-state index in [1.54, 1.807) is 0 Å².